The second-order valence-electron chi connectivity index (χ2n) is 3.99. The van der Waals surface area contributed by atoms with Gasteiger partial charge in [0.1, 0.15) is 11.5 Å². The Morgan fingerprint density at radius 2 is 2.44 bits per heavy atom. The molecule has 0 saturated heterocycles. The Kier molecular flexibility index (Phi) is 3.31. The lowest BCUT2D eigenvalue weighted by atomic mass is 9.87. The van der Waals surface area contributed by atoms with E-state index in [0.29, 0.717) is 6.61 Å². The Labute approximate surface area is 95.0 Å². The van der Waals surface area contributed by atoms with Crippen LogP contribution >= 0.6 is 0 Å². The van der Waals surface area contributed by atoms with E-state index in [9.17, 15) is 0 Å². The third-order valence-corrected chi connectivity index (χ3v) is 3.03. The summed E-state index contributed by atoms with van der Waals surface area (Å²) in [5.41, 5.74) is 6.96. The van der Waals surface area contributed by atoms with Crippen molar-refractivity contribution in [3.05, 3.63) is 23.8 Å². The van der Waals surface area contributed by atoms with E-state index in [2.05, 4.69) is 0 Å². The van der Waals surface area contributed by atoms with E-state index >= 15 is 0 Å². The number of ether oxygens (including phenoxy) is 2. The molecule has 0 spiro atoms. The molecule has 1 aromatic rings. The molecule has 0 bridgehead atoms. The first-order valence-corrected chi connectivity index (χ1v) is 5.43. The summed E-state index contributed by atoms with van der Waals surface area (Å²) in [5, 5.41) is 9.12. The van der Waals surface area contributed by atoms with Crippen LogP contribution in [-0.4, -0.2) is 31.5 Å². The summed E-state index contributed by atoms with van der Waals surface area (Å²) in [7, 11) is 1.63. The van der Waals surface area contributed by atoms with Gasteiger partial charge in [-0.3, -0.25) is 0 Å². The second kappa shape index (κ2) is 4.72. The van der Waals surface area contributed by atoms with Crippen LogP contribution in [0.1, 0.15) is 17.9 Å². The van der Waals surface area contributed by atoms with Crippen molar-refractivity contribution in [3.63, 3.8) is 0 Å². The maximum Gasteiger partial charge on any atom is 0.126 e. The maximum atomic E-state index is 9.12. The molecule has 16 heavy (non-hydrogen) atoms. The van der Waals surface area contributed by atoms with Gasteiger partial charge < -0.3 is 20.3 Å². The number of aliphatic hydroxyl groups is 1. The van der Waals surface area contributed by atoms with Gasteiger partial charge in [-0.2, -0.15) is 0 Å². The average molecular weight is 223 g/mol. The molecular weight excluding hydrogens is 206 g/mol. The zero-order valence-electron chi connectivity index (χ0n) is 9.35. The highest BCUT2D eigenvalue weighted by Crippen LogP contribution is 2.37. The fourth-order valence-corrected chi connectivity index (χ4v) is 2.10. The van der Waals surface area contributed by atoms with E-state index < -0.39 is 0 Å². The Morgan fingerprint density at radius 1 is 1.62 bits per heavy atom. The number of benzene rings is 1. The predicted molar refractivity (Wildman–Crippen MR) is 60.9 cm³/mol. The quantitative estimate of drug-likeness (QED) is 0.798. The molecule has 88 valence electrons. The number of hydrogen-bond acceptors (Lipinski definition) is 4. The van der Waals surface area contributed by atoms with E-state index in [-0.39, 0.29) is 18.6 Å². The lowest BCUT2D eigenvalue weighted by Gasteiger charge is -2.29. The van der Waals surface area contributed by atoms with E-state index in [0.717, 1.165) is 23.5 Å². The minimum absolute atomic E-state index is 0.00383. The van der Waals surface area contributed by atoms with Crippen LogP contribution in [0.25, 0.3) is 0 Å². The number of fused-ring (bicyclic) bond motifs is 1. The minimum Gasteiger partial charge on any atom is -0.497 e. The zero-order valence-corrected chi connectivity index (χ0v) is 9.35. The summed E-state index contributed by atoms with van der Waals surface area (Å²) in [6.45, 7) is 0.634. The molecule has 4 nitrogen and oxygen atoms in total. The average Bonchev–Trinajstić information content (AvgIpc) is 2.36. The van der Waals surface area contributed by atoms with Crippen LogP contribution in [0.2, 0.25) is 0 Å². The van der Waals surface area contributed by atoms with Crippen LogP contribution in [0.3, 0.4) is 0 Å². The van der Waals surface area contributed by atoms with Crippen molar-refractivity contribution in [2.24, 2.45) is 5.73 Å². The molecule has 1 aliphatic rings. The molecule has 1 aromatic carbocycles. The zero-order chi connectivity index (χ0) is 11.5. The fraction of sp³-hybridized carbons (Fsp3) is 0.500. The largest absolute Gasteiger partial charge is 0.497 e. The molecule has 0 fully saturated rings. The fourth-order valence-electron chi connectivity index (χ4n) is 2.10. The standard InChI is InChI=1S/C12H17NO3/c1-15-8-2-3-10-9(11(13)7-14)4-5-16-12(10)6-8/h2-3,6,9,11,14H,4-5,7,13H2,1H3. The van der Waals surface area contributed by atoms with Gasteiger partial charge in [0.05, 0.1) is 20.3 Å². The van der Waals surface area contributed by atoms with Gasteiger partial charge in [0.2, 0.25) is 0 Å². The van der Waals surface area contributed by atoms with Crippen molar-refractivity contribution in [1.29, 1.82) is 0 Å². The van der Waals surface area contributed by atoms with Gasteiger partial charge in [0.15, 0.2) is 0 Å². The van der Waals surface area contributed by atoms with E-state index in [1.807, 2.05) is 18.2 Å². The topological polar surface area (TPSA) is 64.7 Å². The van der Waals surface area contributed by atoms with Gasteiger partial charge in [-0.1, -0.05) is 6.07 Å². The molecule has 2 atom stereocenters. The van der Waals surface area contributed by atoms with Crippen LogP contribution in [0, 0.1) is 0 Å². The SMILES string of the molecule is COc1ccc2c(c1)OCCC2C(N)CO. The van der Waals surface area contributed by atoms with Crippen LogP contribution < -0.4 is 15.2 Å². The smallest absolute Gasteiger partial charge is 0.126 e. The Balaban J connectivity index is 2.32. The first kappa shape index (κ1) is 11.2. The Hall–Kier alpha value is -1.26. The Morgan fingerprint density at radius 3 is 3.12 bits per heavy atom. The molecule has 0 aromatic heterocycles. The van der Waals surface area contributed by atoms with Crippen LogP contribution in [0.15, 0.2) is 18.2 Å². The molecule has 0 aliphatic carbocycles. The van der Waals surface area contributed by atoms with Crippen molar-refractivity contribution < 1.29 is 14.6 Å². The molecule has 1 heterocycles. The van der Waals surface area contributed by atoms with Crippen molar-refractivity contribution in [3.8, 4) is 11.5 Å². The van der Waals surface area contributed by atoms with E-state index in [1.165, 1.54) is 0 Å². The van der Waals surface area contributed by atoms with Crippen molar-refractivity contribution in [2.45, 2.75) is 18.4 Å². The van der Waals surface area contributed by atoms with Crippen LogP contribution in [0.4, 0.5) is 0 Å². The maximum absolute atomic E-state index is 9.12. The third-order valence-electron chi connectivity index (χ3n) is 3.03. The highest BCUT2D eigenvalue weighted by Gasteiger charge is 2.26. The number of nitrogens with two attached hydrogens (primary N) is 1. The van der Waals surface area contributed by atoms with Gasteiger partial charge in [-0.05, 0) is 18.1 Å². The monoisotopic (exact) mass is 223 g/mol. The molecule has 4 heteroatoms. The first-order chi connectivity index (χ1) is 7.76. The molecule has 2 rings (SSSR count). The molecular formula is C12H17NO3. The van der Waals surface area contributed by atoms with Crippen molar-refractivity contribution in [1.82, 2.24) is 0 Å². The van der Waals surface area contributed by atoms with Crippen LogP contribution in [0.5, 0.6) is 11.5 Å². The van der Waals surface area contributed by atoms with Crippen molar-refractivity contribution >= 4 is 0 Å². The molecule has 2 unspecified atom stereocenters. The summed E-state index contributed by atoms with van der Waals surface area (Å²) in [4.78, 5) is 0. The second-order valence-corrected chi connectivity index (χ2v) is 3.99. The van der Waals surface area contributed by atoms with Crippen LogP contribution in [-0.2, 0) is 0 Å². The highest BCUT2D eigenvalue weighted by molar-refractivity contribution is 5.44. The number of hydrogen-bond donors (Lipinski definition) is 2. The van der Waals surface area contributed by atoms with Gasteiger partial charge >= 0.3 is 0 Å². The summed E-state index contributed by atoms with van der Waals surface area (Å²) < 4.78 is 10.7. The lowest BCUT2D eigenvalue weighted by molar-refractivity contribution is 0.208. The van der Waals surface area contributed by atoms with Gasteiger partial charge in [0, 0.05) is 18.0 Å². The molecule has 1 aliphatic heterocycles. The molecule has 0 saturated carbocycles. The van der Waals surface area contributed by atoms with E-state index in [4.69, 9.17) is 20.3 Å². The summed E-state index contributed by atoms with van der Waals surface area (Å²) in [6.07, 6.45) is 0.848. The summed E-state index contributed by atoms with van der Waals surface area (Å²) in [6, 6.07) is 5.50. The molecule has 3 N–H and O–H groups in total. The van der Waals surface area contributed by atoms with Gasteiger partial charge in [0.25, 0.3) is 0 Å². The van der Waals surface area contributed by atoms with Gasteiger partial charge in [-0.25, -0.2) is 0 Å². The van der Waals surface area contributed by atoms with Gasteiger partial charge in [-0.15, -0.1) is 0 Å². The normalized spacial score (nSPS) is 20.8. The number of methoxy groups -OCH3 is 1. The first-order valence-electron chi connectivity index (χ1n) is 5.43. The minimum atomic E-state index is -0.226. The molecule has 0 amide bonds. The molecule has 0 radical (unpaired) electrons. The summed E-state index contributed by atoms with van der Waals surface area (Å²) in [5.74, 6) is 1.76. The predicted octanol–water partition coefficient (Wildman–Crippen LogP) is 0.881. The number of rotatable bonds is 3. The van der Waals surface area contributed by atoms with E-state index in [1.54, 1.807) is 7.11 Å². The van der Waals surface area contributed by atoms with Crippen molar-refractivity contribution in [2.75, 3.05) is 20.3 Å². The Bertz CT molecular complexity index is 367. The third kappa shape index (κ3) is 1.99. The summed E-state index contributed by atoms with van der Waals surface area (Å²) >= 11 is 0. The number of aliphatic hydroxyl groups excluding tert-OH is 1. The lowest BCUT2D eigenvalue weighted by Crippen LogP contribution is -2.35. The highest BCUT2D eigenvalue weighted by atomic mass is 16.5.